The summed E-state index contributed by atoms with van der Waals surface area (Å²) >= 11 is 0. The van der Waals surface area contributed by atoms with E-state index in [0.717, 1.165) is 0 Å². The Kier molecular flexibility index (Phi) is 5.43. The van der Waals surface area contributed by atoms with E-state index in [-0.39, 0.29) is 13.1 Å². The van der Waals surface area contributed by atoms with Crippen molar-refractivity contribution < 1.29 is 4.39 Å². The lowest BCUT2D eigenvalue weighted by Crippen LogP contribution is -2.14. The van der Waals surface area contributed by atoms with E-state index in [0.29, 0.717) is 0 Å². The third-order valence-electron chi connectivity index (χ3n) is 2.01. The molecule has 0 amide bonds. The molecule has 0 aliphatic carbocycles. The second-order valence-corrected chi connectivity index (χ2v) is 2.73. The lowest BCUT2D eigenvalue weighted by Gasteiger charge is -2.06. The summed E-state index contributed by atoms with van der Waals surface area (Å²) in [5.41, 5.74) is 2.45. The predicted octanol–water partition coefficient (Wildman–Crippen LogP) is 2.00. The van der Waals surface area contributed by atoms with Crippen molar-refractivity contribution in [2.75, 3.05) is 0 Å². The first-order chi connectivity index (χ1) is 5.74. The quantitative estimate of drug-likeness (QED) is 0.561. The number of halogens is 1. The number of rotatable bonds is 1. The Morgan fingerprint density at radius 1 is 1.25 bits per heavy atom. The van der Waals surface area contributed by atoms with E-state index >= 15 is 0 Å². The van der Waals surface area contributed by atoms with Gasteiger partial charge < -0.3 is 0 Å². The van der Waals surface area contributed by atoms with E-state index in [2.05, 4.69) is 6.82 Å². The van der Waals surface area contributed by atoms with Gasteiger partial charge in [-0.05, 0) is 20.3 Å². The molecule has 68 valence electrons. The molecular formula is C10H17BF-. The topological polar surface area (TPSA) is 0 Å². The van der Waals surface area contributed by atoms with Gasteiger partial charge >= 0.3 is 0 Å². The van der Waals surface area contributed by atoms with E-state index in [1.807, 2.05) is 26.8 Å². The second kappa shape index (κ2) is 5.81. The molecule has 12 heavy (non-hydrogen) atoms. The van der Waals surface area contributed by atoms with Crippen molar-refractivity contribution in [1.29, 1.82) is 0 Å². The molecule has 1 aromatic rings. The van der Waals surface area contributed by atoms with Crippen LogP contribution >= 0.6 is 0 Å². The molecular weight excluding hydrogens is 150 g/mol. The molecule has 0 saturated carbocycles. The summed E-state index contributed by atoms with van der Waals surface area (Å²) in [6.07, 6.45) is 0. The van der Waals surface area contributed by atoms with Gasteiger partial charge in [0, 0.05) is 0 Å². The highest BCUT2D eigenvalue weighted by molar-refractivity contribution is 6.52. The van der Waals surface area contributed by atoms with Crippen LogP contribution in [0.4, 0.5) is 4.39 Å². The fraction of sp³-hybridized carbons (Fsp3) is 0.400. The van der Waals surface area contributed by atoms with Gasteiger partial charge in [0.05, 0.1) is 0 Å². The summed E-state index contributed by atoms with van der Waals surface area (Å²) in [5, 5.41) is 0. The Morgan fingerprint density at radius 2 is 1.83 bits per heavy atom. The molecule has 0 aliphatic rings. The highest BCUT2D eigenvalue weighted by Crippen LogP contribution is 1.97. The number of hydrogen-bond acceptors (Lipinski definition) is 0. The van der Waals surface area contributed by atoms with Crippen molar-refractivity contribution in [3.05, 3.63) is 29.6 Å². The first kappa shape index (κ1) is 11.2. The Hall–Kier alpha value is -0.785. The molecule has 0 nitrogen and oxygen atoms in total. The Balaban J connectivity index is 0.000000561. The highest BCUT2D eigenvalue weighted by atomic mass is 19.1. The van der Waals surface area contributed by atoms with Gasteiger partial charge in [-0.3, -0.25) is 0 Å². The van der Waals surface area contributed by atoms with Gasteiger partial charge in [0.1, 0.15) is 5.82 Å². The van der Waals surface area contributed by atoms with Crippen molar-refractivity contribution in [3.63, 3.8) is 0 Å². The Morgan fingerprint density at radius 3 is 2.25 bits per heavy atom. The lowest BCUT2D eigenvalue weighted by atomic mass is 9.71. The minimum Gasteiger partial charge on any atom is -0.212 e. The smallest absolute Gasteiger partial charge is 0.120 e. The van der Waals surface area contributed by atoms with Gasteiger partial charge in [0.15, 0.2) is 0 Å². The van der Waals surface area contributed by atoms with Crippen LogP contribution in [0.25, 0.3) is 0 Å². The number of benzene rings is 1. The number of hydrogen-bond donors (Lipinski definition) is 0. The first-order valence-corrected chi connectivity index (χ1v) is 4.93. The molecule has 0 fully saturated rings. The second-order valence-electron chi connectivity index (χ2n) is 2.73. The maximum Gasteiger partial charge on any atom is 0.120 e. The monoisotopic (exact) mass is 167 g/mol. The Labute approximate surface area is 75.0 Å². The van der Waals surface area contributed by atoms with Crippen molar-refractivity contribution in [3.8, 4) is 0 Å². The lowest BCUT2D eigenvalue weighted by molar-refractivity contribution is 0.628. The third kappa shape index (κ3) is 3.08. The summed E-state index contributed by atoms with van der Waals surface area (Å²) in [4.78, 5) is 0. The van der Waals surface area contributed by atoms with Gasteiger partial charge in [-0.2, -0.15) is 6.82 Å². The van der Waals surface area contributed by atoms with Crippen molar-refractivity contribution in [2.45, 2.75) is 27.6 Å². The number of aryl methyl sites for hydroxylation is 1. The van der Waals surface area contributed by atoms with Crippen LogP contribution in [-0.2, 0) is 0 Å². The zero-order chi connectivity index (χ0) is 9.56. The van der Waals surface area contributed by atoms with Crippen molar-refractivity contribution in [2.24, 2.45) is 0 Å². The van der Waals surface area contributed by atoms with E-state index in [1.54, 1.807) is 6.07 Å². The minimum absolute atomic E-state index is 0.0885. The van der Waals surface area contributed by atoms with Crippen LogP contribution < -0.4 is 5.46 Å². The normalized spacial score (nSPS) is 8.75. The van der Waals surface area contributed by atoms with Crippen LogP contribution in [0.15, 0.2) is 18.2 Å². The van der Waals surface area contributed by atoms with Crippen molar-refractivity contribution in [1.82, 2.24) is 0 Å². The van der Waals surface area contributed by atoms with Crippen LogP contribution in [0, 0.1) is 12.7 Å². The highest BCUT2D eigenvalue weighted by Gasteiger charge is 1.90. The van der Waals surface area contributed by atoms with Crippen LogP contribution in [-0.4, -0.2) is 7.28 Å². The van der Waals surface area contributed by atoms with E-state index in [1.165, 1.54) is 17.1 Å². The fourth-order valence-electron chi connectivity index (χ4n) is 1.24. The maximum absolute atomic E-state index is 12.6. The Bertz CT molecular complexity index is 233. The zero-order valence-electron chi connectivity index (χ0n) is 8.61. The van der Waals surface area contributed by atoms with Crippen LogP contribution in [0.2, 0.25) is 6.82 Å². The van der Waals surface area contributed by atoms with Crippen LogP contribution in [0.5, 0.6) is 0 Å². The molecule has 0 radical (unpaired) electrons. The van der Waals surface area contributed by atoms with Gasteiger partial charge in [-0.25, -0.2) is 9.85 Å². The minimum atomic E-state index is -0.105. The van der Waals surface area contributed by atoms with Crippen LogP contribution in [0.3, 0.4) is 0 Å². The molecule has 0 heterocycles. The average Bonchev–Trinajstić information content (AvgIpc) is 2.13. The summed E-state index contributed by atoms with van der Waals surface area (Å²) in [7, 11) is -0.0885. The van der Waals surface area contributed by atoms with Gasteiger partial charge in [-0.1, -0.05) is 31.5 Å². The van der Waals surface area contributed by atoms with Crippen LogP contribution in [0.1, 0.15) is 19.4 Å². The fourth-order valence-corrected chi connectivity index (χ4v) is 1.24. The van der Waals surface area contributed by atoms with E-state index in [4.69, 9.17) is 0 Å². The molecule has 0 saturated heterocycles. The largest absolute Gasteiger partial charge is 0.212 e. The van der Waals surface area contributed by atoms with E-state index < -0.39 is 0 Å². The third-order valence-corrected chi connectivity index (χ3v) is 2.01. The standard InChI is InChI=1S/C8H11BF.C2H6/c1-6-3-4-7(10)5-8(6)9-2;1-2/h3-5H,9H2,1-2H3;1-2H3/q-1;. The molecule has 0 spiro atoms. The van der Waals surface area contributed by atoms with Gasteiger partial charge in [0.25, 0.3) is 0 Å². The first-order valence-electron chi connectivity index (χ1n) is 4.93. The van der Waals surface area contributed by atoms with Crippen molar-refractivity contribution >= 4 is 12.7 Å². The molecule has 0 N–H and O–H groups in total. The van der Waals surface area contributed by atoms with Gasteiger partial charge in [0.2, 0.25) is 0 Å². The molecule has 0 atom stereocenters. The molecule has 0 unspecified atom stereocenters. The molecule has 1 rings (SSSR count). The van der Waals surface area contributed by atoms with E-state index in [9.17, 15) is 4.39 Å². The maximum atomic E-state index is 12.6. The zero-order valence-corrected chi connectivity index (χ0v) is 8.61. The predicted molar refractivity (Wildman–Crippen MR) is 56.5 cm³/mol. The molecule has 0 bridgehead atoms. The molecule has 1 aromatic carbocycles. The molecule has 2 heteroatoms. The summed E-state index contributed by atoms with van der Waals surface area (Å²) in [6, 6.07) is 5.01. The molecule has 0 aromatic heterocycles. The SMILES string of the molecule is CC.C[BH2-]c1cc(F)ccc1C. The summed E-state index contributed by atoms with van der Waals surface area (Å²) in [6.45, 7) is 8.18. The summed E-state index contributed by atoms with van der Waals surface area (Å²) in [5.74, 6) is -0.105. The molecule has 0 aliphatic heterocycles. The average molecular weight is 167 g/mol. The van der Waals surface area contributed by atoms with Gasteiger partial charge in [-0.15, -0.1) is 0 Å². The summed E-state index contributed by atoms with van der Waals surface area (Å²) < 4.78 is 12.6.